The first kappa shape index (κ1) is 15.3. The van der Waals surface area contributed by atoms with Gasteiger partial charge in [-0.1, -0.05) is 29.8 Å². The highest BCUT2D eigenvalue weighted by Crippen LogP contribution is 2.20. The maximum Gasteiger partial charge on any atom is 0.222 e. The molecule has 2 atom stereocenters. The van der Waals surface area contributed by atoms with Crippen LogP contribution in [0.5, 0.6) is 0 Å². The maximum atomic E-state index is 12.1. The van der Waals surface area contributed by atoms with Crippen molar-refractivity contribution in [1.29, 1.82) is 0 Å². The summed E-state index contributed by atoms with van der Waals surface area (Å²) in [5.41, 5.74) is 0.966. The van der Waals surface area contributed by atoms with Crippen molar-refractivity contribution in [2.24, 2.45) is 5.92 Å². The molecule has 1 aromatic carbocycles. The lowest BCUT2D eigenvalue weighted by Gasteiger charge is -2.35. The summed E-state index contributed by atoms with van der Waals surface area (Å²) in [6.45, 7) is 0.888. The van der Waals surface area contributed by atoms with Crippen LogP contribution in [0.3, 0.4) is 0 Å². The fourth-order valence-electron chi connectivity index (χ4n) is 2.52. The van der Waals surface area contributed by atoms with Crippen LogP contribution in [-0.4, -0.2) is 46.8 Å². The van der Waals surface area contributed by atoms with Gasteiger partial charge >= 0.3 is 0 Å². The van der Waals surface area contributed by atoms with E-state index in [2.05, 4.69) is 0 Å². The molecule has 0 spiro atoms. The molecule has 1 amide bonds. The van der Waals surface area contributed by atoms with Crippen LogP contribution in [0.2, 0.25) is 5.02 Å². The number of aliphatic hydroxyl groups excluding tert-OH is 2. The molecule has 0 bridgehead atoms. The van der Waals surface area contributed by atoms with E-state index in [1.807, 2.05) is 24.3 Å². The number of aliphatic hydroxyl groups is 2. The number of benzene rings is 1. The van der Waals surface area contributed by atoms with Crippen molar-refractivity contribution in [2.75, 3.05) is 19.7 Å². The second-order valence-corrected chi connectivity index (χ2v) is 5.64. The molecule has 0 aromatic heterocycles. The van der Waals surface area contributed by atoms with Crippen molar-refractivity contribution in [1.82, 2.24) is 4.90 Å². The van der Waals surface area contributed by atoms with E-state index < -0.39 is 6.10 Å². The molecule has 1 fully saturated rings. The van der Waals surface area contributed by atoms with E-state index in [-0.39, 0.29) is 18.4 Å². The van der Waals surface area contributed by atoms with Gasteiger partial charge < -0.3 is 15.1 Å². The minimum Gasteiger partial charge on any atom is -0.396 e. The number of halogens is 1. The summed E-state index contributed by atoms with van der Waals surface area (Å²) in [5.74, 6) is -0.0806. The number of piperidine rings is 1. The first-order valence-electron chi connectivity index (χ1n) is 6.92. The van der Waals surface area contributed by atoms with Crippen LogP contribution in [0.4, 0.5) is 0 Å². The zero-order chi connectivity index (χ0) is 14.5. The number of hydrogen-bond donors (Lipinski definition) is 2. The molecule has 0 aliphatic carbocycles. The van der Waals surface area contributed by atoms with Gasteiger partial charge in [0.15, 0.2) is 0 Å². The Morgan fingerprint density at radius 2 is 2.15 bits per heavy atom. The average molecular weight is 298 g/mol. The third-order valence-corrected chi connectivity index (χ3v) is 4.24. The fourth-order valence-corrected chi connectivity index (χ4v) is 2.75. The quantitative estimate of drug-likeness (QED) is 0.885. The predicted molar refractivity (Wildman–Crippen MR) is 77.6 cm³/mol. The molecular formula is C15H20ClNO3. The van der Waals surface area contributed by atoms with Crippen LogP contribution < -0.4 is 0 Å². The minimum absolute atomic E-state index is 0.0250. The zero-order valence-corrected chi connectivity index (χ0v) is 12.1. The number of amides is 1. The summed E-state index contributed by atoms with van der Waals surface area (Å²) < 4.78 is 0. The minimum atomic E-state index is -0.627. The van der Waals surface area contributed by atoms with E-state index in [4.69, 9.17) is 16.7 Å². The number of β-amino-alcohol motifs (C(OH)–C–C–N with tert-alkyl or cyclic N) is 1. The lowest BCUT2D eigenvalue weighted by atomic mass is 9.94. The Labute approximate surface area is 124 Å². The third kappa shape index (κ3) is 3.72. The van der Waals surface area contributed by atoms with E-state index in [0.29, 0.717) is 37.4 Å². The van der Waals surface area contributed by atoms with Crippen LogP contribution in [0.1, 0.15) is 18.4 Å². The second kappa shape index (κ2) is 7.07. The first-order chi connectivity index (χ1) is 9.61. The molecule has 2 rings (SSSR count). The van der Waals surface area contributed by atoms with E-state index in [1.54, 1.807) is 4.90 Å². The number of hydrogen-bond acceptors (Lipinski definition) is 3. The van der Waals surface area contributed by atoms with Crippen LogP contribution in [0, 0.1) is 5.92 Å². The van der Waals surface area contributed by atoms with Crippen molar-refractivity contribution in [2.45, 2.75) is 25.4 Å². The standard InChI is InChI=1S/C15H20ClNO3/c16-13-4-2-1-3-11(13)5-6-15(20)17-8-7-12(10-18)14(19)9-17/h1-4,12,14,18-19H,5-10H2/t12-,14+/m1/s1. The Balaban J connectivity index is 1.85. The fraction of sp³-hybridized carbons (Fsp3) is 0.533. The largest absolute Gasteiger partial charge is 0.396 e. The molecule has 1 aliphatic rings. The van der Waals surface area contributed by atoms with Gasteiger partial charge in [-0.05, 0) is 24.5 Å². The zero-order valence-electron chi connectivity index (χ0n) is 11.3. The smallest absolute Gasteiger partial charge is 0.222 e. The van der Waals surface area contributed by atoms with Crippen LogP contribution in [0.25, 0.3) is 0 Å². The average Bonchev–Trinajstić information content (AvgIpc) is 2.46. The Kier molecular flexibility index (Phi) is 5.40. The number of carbonyl (C=O) groups excluding carboxylic acids is 1. The van der Waals surface area contributed by atoms with Crippen molar-refractivity contribution < 1.29 is 15.0 Å². The molecule has 1 saturated heterocycles. The van der Waals surface area contributed by atoms with E-state index in [0.717, 1.165) is 5.56 Å². The Morgan fingerprint density at radius 3 is 2.80 bits per heavy atom. The van der Waals surface area contributed by atoms with E-state index >= 15 is 0 Å². The van der Waals surface area contributed by atoms with Crippen molar-refractivity contribution in [3.05, 3.63) is 34.9 Å². The van der Waals surface area contributed by atoms with Gasteiger partial charge in [-0.3, -0.25) is 4.79 Å². The van der Waals surface area contributed by atoms with Gasteiger partial charge in [-0.25, -0.2) is 0 Å². The lowest BCUT2D eigenvalue weighted by molar-refractivity contribution is -0.136. The van der Waals surface area contributed by atoms with Crippen LogP contribution in [-0.2, 0) is 11.2 Å². The first-order valence-corrected chi connectivity index (χ1v) is 7.29. The molecular weight excluding hydrogens is 278 g/mol. The van der Waals surface area contributed by atoms with Gasteiger partial charge in [0.05, 0.1) is 6.10 Å². The molecule has 4 nitrogen and oxygen atoms in total. The lowest BCUT2D eigenvalue weighted by Crippen LogP contribution is -2.47. The van der Waals surface area contributed by atoms with Gasteiger partial charge in [0.2, 0.25) is 5.91 Å². The Bertz CT molecular complexity index is 466. The topological polar surface area (TPSA) is 60.8 Å². The van der Waals surface area contributed by atoms with Gasteiger partial charge in [-0.2, -0.15) is 0 Å². The van der Waals surface area contributed by atoms with E-state index in [1.165, 1.54) is 0 Å². The summed E-state index contributed by atoms with van der Waals surface area (Å²) >= 11 is 6.06. The predicted octanol–water partition coefficient (Wildman–Crippen LogP) is 1.47. The molecule has 1 aromatic rings. The molecule has 0 saturated carbocycles. The monoisotopic (exact) mass is 297 g/mol. The molecule has 1 aliphatic heterocycles. The summed E-state index contributed by atoms with van der Waals surface area (Å²) in [6, 6.07) is 7.51. The molecule has 0 unspecified atom stereocenters. The molecule has 110 valence electrons. The van der Waals surface area contributed by atoms with Crippen molar-refractivity contribution in [3.63, 3.8) is 0 Å². The molecule has 0 radical (unpaired) electrons. The summed E-state index contributed by atoms with van der Waals surface area (Å²) in [4.78, 5) is 13.8. The van der Waals surface area contributed by atoms with Gasteiger partial charge in [-0.15, -0.1) is 0 Å². The van der Waals surface area contributed by atoms with Crippen molar-refractivity contribution in [3.8, 4) is 0 Å². The molecule has 20 heavy (non-hydrogen) atoms. The summed E-state index contributed by atoms with van der Waals surface area (Å²) in [6.07, 6.45) is 1.02. The van der Waals surface area contributed by atoms with Gasteiger partial charge in [0.25, 0.3) is 0 Å². The SMILES string of the molecule is O=C(CCc1ccccc1Cl)N1CC[C@H](CO)[C@@H](O)C1. The molecule has 2 N–H and O–H groups in total. The number of likely N-dealkylation sites (tertiary alicyclic amines) is 1. The summed E-state index contributed by atoms with van der Waals surface area (Å²) in [5, 5.41) is 19.6. The van der Waals surface area contributed by atoms with Gasteiger partial charge in [0, 0.05) is 37.1 Å². The maximum absolute atomic E-state index is 12.1. The second-order valence-electron chi connectivity index (χ2n) is 5.23. The van der Waals surface area contributed by atoms with E-state index in [9.17, 15) is 9.90 Å². The van der Waals surface area contributed by atoms with Crippen LogP contribution >= 0.6 is 11.6 Å². The molecule has 5 heteroatoms. The number of carbonyl (C=O) groups is 1. The van der Waals surface area contributed by atoms with Crippen LogP contribution in [0.15, 0.2) is 24.3 Å². The highest BCUT2D eigenvalue weighted by atomic mass is 35.5. The highest BCUT2D eigenvalue weighted by Gasteiger charge is 2.29. The van der Waals surface area contributed by atoms with Gasteiger partial charge in [0.1, 0.15) is 0 Å². The third-order valence-electron chi connectivity index (χ3n) is 3.87. The summed E-state index contributed by atoms with van der Waals surface area (Å²) in [7, 11) is 0. The Morgan fingerprint density at radius 1 is 1.40 bits per heavy atom. The molecule has 1 heterocycles. The van der Waals surface area contributed by atoms with Crippen molar-refractivity contribution >= 4 is 17.5 Å². The number of nitrogens with zero attached hydrogens (tertiary/aromatic N) is 1. The number of rotatable bonds is 4. The number of aryl methyl sites for hydroxylation is 1. The normalized spacial score (nSPS) is 22.9. The Hall–Kier alpha value is -1.10. The highest BCUT2D eigenvalue weighted by molar-refractivity contribution is 6.31.